The van der Waals surface area contributed by atoms with Crippen molar-refractivity contribution in [2.24, 2.45) is 0 Å². The number of aromatic amines is 1. The Morgan fingerprint density at radius 2 is 1.69 bits per heavy atom. The summed E-state index contributed by atoms with van der Waals surface area (Å²) in [5.74, 6) is 0.347. The van der Waals surface area contributed by atoms with Gasteiger partial charge in [-0.05, 0) is 41.2 Å². The molecule has 238 valence electrons. The number of hydrogen-bond acceptors (Lipinski definition) is 11. The Bertz CT molecular complexity index is 1560. The summed E-state index contributed by atoms with van der Waals surface area (Å²) in [5.41, 5.74) is 4.46. The predicted molar refractivity (Wildman–Crippen MR) is 162 cm³/mol. The quantitative estimate of drug-likeness (QED) is 0.0660. The van der Waals surface area contributed by atoms with Crippen molar-refractivity contribution in [2.45, 2.75) is 65.0 Å². The second-order valence-electron chi connectivity index (χ2n) is 10.1. The van der Waals surface area contributed by atoms with Crippen LogP contribution in [0.5, 0.6) is 0 Å². The molecule has 0 amide bonds. The summed E-state index contributed by atoms with van der Waals surface area (Å²) in [7, 11) is 0. The van der Waals surface area contributed by atoms with Gasteiger partial charge in [-0.2, -0.15) is 5.21 Å². The van der Waals surface area contributed by atoms with Crippen LogP contribution >= 0.6 is 11.6 Å². The Kier molecular flexibility index (Phi) is 12.4. The molecule has 14 nitrogen and oxygen atoms in total. The maximum atomic E-state index is 12.4. The third-order valence-electron chi connectivity index (χ3n) is 6.86. The lowest BCUT2D eigenvalue weighted by molar-refractivity contribution is -0.757. The molecule has 0 bridgehead atoms. The second-order valence-corrected chi connectivity index (χ2v) is 10.4. The number of H-pyrrole nitrogens is 1. The highest BCUT2D eigenvalue weighted by Crippen LogP contribution is 2.30. The first kappa shape index (κ1) is 33.1. The van der Waals surface area contributed by atoms with Gasteiger partial charge in [0, 0.05) is 31.4 Å². The zero-order chi connectivity index (χ0) is 32.0. The third-order valence-corrected chi connectivity index (χ3v) is 7.16. The van der Waals surface area contributed by atoms with Crippen LogP contribution in [0, 0.1) is 10.1 Å². The summed E-state index contributed by atoms with van der Waals surface area (Å²) in [4.78, 5) is 43.0. The summed E-state index contributed by atoms with van der Waals surface area (Å²) >= 11 is 6.53. The van der Waals surface area contributed by atoms with Crippen molar-refractivity contribution in [1.82, 2.24) is 30.2 Å². The highest BCUT2D eigenvalue weighted by Gasteiger charge is 2.18. The number of halogens is 1. The van der Waals surface area contributed by atoms with Crippen LogP contribution in [0.3, 0.4) is 0 Å². The minimum Gasteiger partial charge on any atom is -0.466 e. The third kappa shape index (κ3) is 9.83. The maximum absolute atomic E-state index is 12.4. The minimum absolute atomic E-state index is 0.0164. The van der Waals surface area contributed by atoms with Gasteiger partial charge in [0.2, 0.25) is 5.82 Å². The largest absolute Gasteiger partial charge is 0.466 e. The number of ether oxygens (including phenoxy) is 2. The molecular weight excluding hydrogens is 606 g/mol. The Labute approximate surface area is 264 Å². The van der Waals surface area contributed by atoms with E-state index in [1.807, 2.05) is 53.1 Å². The van der Waals surface area contributed by atoms with Crippen molar-refractivity contribution in [2.75, 3.05) is 13.2 Å². The number of carbonyl (C=O) groups excluding carboxylic acids is 2. The lowest BCUT2D eigenvalue weighted by atomic mass is 9.98. The van der Waals surface area contributed by atoms with Crippen molar-refractivity contribution in [3.05, 3.63) is 80.9 Å². The zero-order valence-corrected chi connectivity index (χ0v) is 25.6. The van der Waals surface area contributed by atoms with Crippen molar-refractivity contribution in [3.8, 4) is 22.5 Å². The number of tetrazole rings is 1. The van der Waals surface area contributed by atoms with Gasteiger partial charge in [0.15, 0.2) is 5.15 Å². The monoisotopic (exact) mass is 639 g/mol. The highest BCUT2D eigenvalue weighted by atomic mass is 35.5. The summed E-state index contributed by atoms with van der Waals surface area (Å²) in [6, 6.07) is 16.0. The molecule has 0 radical (unpaired) electrons. The lowest BCUT2D eigenvalue weighted by Crippen LogP contribution is -2.13. The first-order valence-electron chi connectivity index (χ1n) is 14.6. The Morgan fingerprint density at radius 1 is 0.978 bits per heavy atom. The summed E-state index contributed by atoms with van der Waals surface area (Å²) < 4.78 is 12.6. The van der Waals surface area contributed by atoms with Crippen molar-refractivity contribution in [3.63, 3.8) is 0 Å². The van der Waals surface area contributed by atoms with Gasteiger partial charge in [-0.1, -0.05) is 73.5 Å². The fraction of sp³-hybridized carbons (Fsp3) is 0.400. The van der Waals surface area contributed by atoms with Crippen molar-refractivity contribution >= 4 is 23.5 Å². The molecule has 2 aromatic heterocycles. The fourth-order valence-corrected chi connectivity index (χ4v) is 4.84. The molecule has 1 N–H and O–H groups in total. The van der Waals surface area contributed by atoms with Crippen LogP contribution in [0.15, 0.2) is 48.5 Å². The smallest absolute Gasteiger partial charge is 0.306 e. The van der Waals surface area contributed by atoms with E-state index in [-0.39, 0.29) is 50.7 Å². The van der Waals surface area contributed by atoms with E-state index >= 15 is 0 Å². The molecule has 0 atom stereocenters. The summed E-state index contributed by atoms with van der Waals surface area (Å²) in [6.07, 6.45) is 3.10. The van der Waals surface area contributed by atoms with Crippen LogP contribution in [0.2, 0.25) is 5.15 Å². The van der Waals surface area contributed by atoms with Crippen molar-refractivity contribution in [1.29, 1.82) is 0 Å². The molecule has 2 aromatic carbocycles. The van der Waals surface area contributed by atoms with Gasteiger partial charge >= 0.3 is 11.9 Å². The van der Waals surface area contributed by atoms with Crippen LogP contribution < -0.4 is 0 Å². The van der Waals surface area contributed by atoms with E-state index in [4.69, 9.17) is 21.1 Å². The summed E-state index contributed by atoms with van der Waals surface area (Å²) in [5, 5.41) is 23.9. The topological polar surface area (TPSA) is 177 Å². The van der Waals surface area contributed by atoms with E-state index in [0.29, 0.717) is 18.1 Å². The molecule has 4 rings (SSSR count). The number of unbranched alkanes of at least 4 members (excludes halogenated alkanes) is 1. The fourth-order valence-electron chi connectivity index (χ4n) is 4.58. The van der Waals surface area contributed by atoms with E-state index in [2.05, 4.69) is 37.4 Å². The SMILES string of the molecule is CCCCc1nc(Cl)c(COC(=O)CCCOC(=O)CCCO[N+](=O)[O-])n1Cc1ccc(-c2ccccc2-c2nn[nH]n2)cc1. The van der Waals surface area contributed by atoms with Gasteiger partial charge < -0.3 is 18.9 Å². The van der Waals surface area contributed by atoms with Gasteiger partial charge in [-0.15, -0.1) is 20.3 Å². The standard InChI is InChI=1S/C30H34ClN7O7/c1-2-3-10-26-32-29(31)25(20-44-28(40)11-6-17-43-27(39)12-7-18-45-38(41)42)37(26)19-21-13-15-22(16-14-21)23-8-4-5-9-24(23)30-33-35-36-34-30/h4-5,8-9,13-16H,2-3,6-7,10-12,17-20H2,1H3,(H,33,34,35,36). The van der Waals surface area contributed by atoms with E-state index in [9.17, 15) is 19.7 Å². The molecular formula is C30H34ClN7O7. The van der Waals surface area contributed by atoms with Crippen LogP contribution in [0.25, 0.3) is 22.5 Å². The molecule has 0 spiro atoms. The molecule has 15 heteroatoms. The number of imidazole rings is 1. The number of nitrogens with one attached hydrogen (secondary N) is 1. The molecule has 0 aliphatic rings. The highest BCUT2D eigenvalue weighted by molar-refractivity contribution is 6.30. The molecule has 0 unspecified atom stereocenters. The number of esters is 2. The Morgan fingerprint density at radius 3 is 2.38 bits per heavy atom. The normalized spacial score (nSPS) is 10.9. The predicted octanol–water partition coefficient (Wildman–Crippen LogP) is 5.13. The van der Waals surface area contributed by atoms with E-state index in [1.165, 1.54) is 0 Å². The van der Waals surface area contributed by atoms with Gasteiger partial charge in [0.25, 0.3) is 5.09 Å². The molecule has 45 heavy (non-hydrogen) atoms. The summed E-state index contributed by atoms with van der Waals surface area (Å²) in [6.45, 7) is 2.38. The molecule has 0 fully saturated rings. The van der Waals surface area contributed by atoms with Gasteiger partial charge in [0.1, 0.15) is 12.4 Å². The van der Waals surface area contributed by atoms with E-state index < -0.39 is 17.0 Å². The molecule has 0 aliphatic heterocycles. The van der Waals surface area contributed by atoms with E-state index in [1.54, 1.807) is 0 Å². The Hall–Kier alpha value is -4.85. The number of hydrogen-bond donors (Lipinski definition) is 1. The maximum Gasteiger partial charge on any atom is 0.306 e. The first-order valence-corrected chi connectivity index (χ1v) is 15.0. The average Bonchev–Trinajstić information content (AvgIpc) is 3.68. The minimum atomic E-state index is -0.915. The van der Waals surface area contributed by atoms with Gasteiger partial charge in [-0.3, -0.25) is 9.59 Å². The number of rotatable bonds is 18. The molecule has 4 aromatic rings. The lowest BCUT2D eigenvalue weighted by Gasteiger charge is -2.14. The second kappa shape index (κ2) is 16.9. The Balaban J connectivity index is 1.35. The molecule has 0 saturated carbocycles. The zero-order valence-electron chi connectivity index (χ0n) is 24.8. The van der Waals surface area contributed by atoms with Crippen LogP contribution in [-0.4, -0.2) is 60.4 Å². The molecule has 0 saturated heterocycles. The average molecular weight is 640 g/mol. The van der Waals surface area contributed by atoms with Crippen molar-refractivity contribution < 1.29 is 29.0 Å². The number of carbonyl (C=O) groups is 2. The van der Waals surface area contributed by atoms with Gasteiger partial charge in [-0.25, -0.2) is 4.98 Å². The van der Waals surface area contributed by atoms with E-state index in [0.717, 1.165) is 47.3 Å². The number of aryl methyl sites for hydroxylation is 1. The van der Waals surface area contributed by atoms with Crippen LogP contribution in [0.1, 0.15) is 62.5 Å². The number of nitrogens with zero attached hydrogens (tertiary/aromatic N) is 6. The van der Waals surface area contributed by atoms with Gasteiger partial charge in [0.05, 0.1) is 18.9 Å². The number of benzene rings is 2. The molecule has 2 heterocycles. The first-order chi connectivity index (χ1) is 21.9. The molecule has 0 aliphatic carbocycles. The number of aromatic nitrogens is 6. The van der Waals surface area contributed by atoms with Crippen LogP contribution in [-0.2, 0) is 43.5 Å². The van der Waals surface area contributed by atoms with Crippen LogP contribution in [0.4, 0.5) is 0 Å².